The molecule has 0 unspecified atom stereocenters. The van der Waals surface area contributed by atoms with Crippen molar-refractivity contribution in [1.29, 1.82) is 0 Å². The van der Waals surface area contributed by atoms with E-state index in [1.807, 2.05) is 6.07 Å². The molecule has 2 heterocycles. The van der Waals surface area contributed by atoms with Crippen molar-refractivity contribution in [1.82, 2.24) is 9.55 Å². The van der Waals surface area contributed by atoms with Crippen LogP contribution in [-0.2, 0) is 27.9 Å². The standard InChI is InChI=1S/C12H15N3O3S/c1-14(19(2,16)17)9-3-4-11-10(7-9)13-12-8-18-6-5-15(11)12/h3-4,7H,5-6,8H2,1-2H3. The molecule has 6 nitrogen and oxygen atoms in total. The Bertz CT molecular complexity index is 736. The number of aromatic nitrogens is 2. The Morgan fingerprint density at radius 2 is 2.21 bits per heavy atom. The number of hydrogen-bond acceptors (Lipinski definition) is 4. The summed E-state index contributed by atoms with van der Waals surface area (Å²) in [6, 6.07) is 5.50. The number of ether oxygens (including phenoxy) is 1. The molecule has 1 aliphatic heterocycles. The van der Waals surface area contributed by atoms with E-state index in [1.54, 1.807) is 12.1 Å². The third kappa shape index (κ3) is 2.08. The number of hydrogen-bond donors (Lipinski definition) is 0. The number of anilines is 1. The zero-order chi connectivity index (χ0) is 13.6. The van der Waals surface area contributed by atoms with Gasteiger partial charge in [-0.25, -0.2) is 13.4 Å². The molecule has 1 aliphatic rings. The molecule has 3 rings (SSSR count). The van der Waals surface area contributed by atoms with Crippen molar-refractivity contribution in [3.63, 3.8) is 0 Å². The third-order valence-electron chi connectivity index (χ3n) is 3.36. The van der Waals surface area contributed by atoms with Crippen LogP contribution in [-0.4, -0.2) is 37.9 Å². The van der Waals surface area contributed by atoms with Crippen LogP contribution in [0.5, 0.6) is 0 Å². The lowest BCUT2D eigenvalue weighted by Crippen LogP contribution is -2.24. The summed E-state index contributed by atoms with van der Waals surface area (Å²) < 4.78 is 31.8. The van der Waals surface area contributed by atoms with Crippen molar-refractivity contribution in [2.75, 3.05) is 24.2 Å². The average Bonchev–Trinajstić information content (AvgIpc) is 2.74. The lowest BCUT2D eigenvalue weighted by Gasteiger charge is -2.17. The molecule has 0 atom stereocenters. The molecule has 0 saturated carbocycles. The highest BCUT2D eigenvalue weighted by Gasteiger charge is 2.17. The Hall–Kier alpha value is -1.60. The molecule has 0 spiro atoms. The summed E-state index contributed by atoms with van der Waals surface area (Å²) in [6.45, 7) is 1.97. The Balaban J connectivity index is 2.12. The van der Waals surface area contributed by atoms with E-state index in [2.05, 4.69) is 9.55 Å². The zero-order valence-electron chi connectivity index (χ0n) is 10.8. The van der Waals surface area contributed by atoms with Crippen LogP contribution in [0.15, 0.2) is 18.2 Å². The van der Waals surface area contributed by atoms with Crippen molar-refractivity contribution in [3.05, 3.63) is 24.0 Å². The van der Waals surface area contributed by atoms with E-state index in [-0.39, 0.29) is 0 Å². The molecule has 1 aromatic carbocycles. The first-order valence-electron chi connectivity index (χ1n) is 5.97. The maximum atomic E-state index is 11.5. The van der Waals surface area contributed by atoms with Gasteiger partial charge in [-0.05, 0) is 18.2 Å². The molecule has 0 saturated heterocycles. The van der Waals surface area contributed by atoms with E-state index in [9.17, 15) is 8.42 Å². The summed E-state index contributed by atoms with van der Waals surface area (Å²) in [5.41, 5.74) is 2.43. The summed E-state index contributed by atoms with van der Waals surface area (Å²) in [4.78, 5) is 4.49. The van der Waals surface area contributed by atoms with Crippen molar-refractivity contribution in [3.8, 4) is 0 Å². The predicted molar refractivity (Wildman–Crippen MR) is 72.6 cm³/mol. The van der Waals surface area contributed by atoms with Crippen LogP contribution in [0.3, 0.4) is 0 Å². The van der Waals surface area contributed by atoms with Gasteiger partial charge in [-0.15, -0.1) is 0 Å². The monoisotopic (exact) mass is 281 g/mol. The zero-order valence-corrected chi connectivity index (χ0v) is 11.6. The quantitative estimate of drug-likeness (QED) is 0.822. The first kappa shape index (κ1) is 12.4. The number of rotatable bonds is 2. The lowest BCUT2D eigenvalue weighted by atomic mass is 10.2. The number of nitrogens with zero attached hydrogens (tertiary/aromatic N) is 3. The molecular weight excluding hydrogens is 266 g/mol. The molecule has 0 N–H and O–H groups in total. The highest BCUT2D eigenvalue weighted by atomic mass is 32.2. The molecule has 7 heteroatoms. The predicted octanol–water partition coefficient (Wildman–Crippen LogP) is 0.962. The Kier molecular flexibility index (Phi) is 2.75. The largest absolute Gasteiger partial charge is 0.372 e. The van der Waals surface area contributed by atoms with Gasteiger partial charge >= 0.3 is 0 Å². The van der Waals surface area contributed by atoms with Gasteiger partial charge in [0, 0.05) is 13.6 Å². The Morgan fingerprint density at radius 3 is 2.95 bits per heavy atom. The highest BCUT2D eigenvalue weighted by molar-refractivity contribution is 7.92. The molecule has 0 bridgehead atoms. The molecular formula is C12H15N3O3S. The van der Waals surface area contributed by atoms with Gasteiger partial charge in [-0.1, -0.05) is 0 Å². The number of fused-ring (bicyclic) bond motifs is 3. The van der Waals surface area contributed by atoms with E-state index in [0.29, 0.717) is 18.9 Å². The summed E-state index contributed by atoms with van der Waals surface area (Å²) in [6.07, 6.45) is 1.18. The van der Waals surface area contributed by atoms with Gasteiger partial charge in [0.2, 0.25) is 10.0 Å². The number of benzene rings is 1. The van der Waals surface area contributed by atoms with E-state index in [0.717, 1.165) is 23.4 Å². The fourth-order valence-electron chi connectivity index (χ4n) is 2.23. The molecule has 0 aliphatic carbocycles. The van der Waals surface area contributed by atoms with E-state index >= 15 is 0 Å². The van der Waals surface area contributed by atoms with Crippen LogP contribution in [0.4, 0.5) is 5.69 Å². The topological polar surface area (TPSA) is 64.4 Å². The minimum Gasteiger partial charge on any atom is -0.372 e. The first-order chi connectivity index (χ1) is 8.97. The van der Waals surface area contributed by atoms with E-state index in [1.165, 1.54) is 17.6 Å². The first-order valence-corrected chi connectivity index (χ1v) is 7.82. The second-order valence-corrected chi connectivity index (χ2v) is 6.65. The Morgan fingerprint density at radius 1 is 1.42 bits per heavy atom. The minimum absolute atomic E-state index is 0.506. The summed E-state index contributed by atoms with van der Waals surface area (Å²) in [5.74, 6) is 0.889. The maximum Gasteiger partial charge on any atom is 0.231 e. The van der Waals surface area contributed by atoms with Gasteiger partial charge in [-0.3, -0.25) is 4.31 Å². The van der Waals surface area contributed by atoms with Gasteiger partial charge in [0.15, 0.2) is 0 Å². The van der Waals surface area contributed by atoms with Crippen molar-refractivity contribution in [2.24, 2.45) is 0 Å². The second kappa shape index (κ2) is 4.21. The summed E-state index contributed by atoms with van der Waals surface area (Å²) in [7, 11) is -1.72. The summed E-state index contributed by atoms with van der Waals surface area (Å²) >= 11 is 0. The molecule has 102 valence electrons. The molecule has 1 aromatic heterocycles. The van der Waals surface area contributed by atoms with Crippen LogP contribution in [0.2, 0.25) is 0 Å². The van der Waals surface area contributed by atoms with Crippen LogP contribution < -0.4 is 4.31 Å². The van der Waals surface area contributed by atoms with Gasteiger partial charge in [0.25, 0.3) is 0 Å². The molecule has 2 aromatic rings. The fraction of sp³-hybridized carbons (Fsp3) is 0.417. The van der Waals surface area contributed by atoms with Crippen molar-refractivity contribution >= 4 is 26.7 Å². The van der Waals surface area contributed by atoms with Crippen LogP contribution in [0.1, 0.15) is 5.82 Å². The van der Waals surface area contributed by atoms with Gasteiger partial charge in [0.05, 0.1) is 29.6 Å². The van der Waals surface area contributed by atoms with Crippen LogP contribution in [0, 0.1) is 0 Å². The van der Waals surface area contributed by atoms with Crippen molar-refractivity contribution in [2.45, 2.75) is 13.2 Å². The van der Waals surface area contributed by atoms with E-state index in [4.69, 9.17) is 4.74 Å². The average molecular weight is 281 g/mol. The van der Waals surface area contributed by atoms with Gasteiger partial charge in [-0.2, -0.15) is 0 Å². The van der Waals surface area contributed by atoms with Gasteiger partial charge in [0.1, 0.15) is 12.4 Å². The van der Waals surface area contributed by atoms with Crippen LogP contribution >= 0.6 is 0 Å². The molecule has 0 fully saturated rings. The Labute approximate surface area is 111 Å². The molecule has 19 heavy (non-hydrogen) atoms. The molecule has 0 radical (unpaired) electrons. The smallest absolute Gasteiger partial charge is 0.231 e. The normalized spacial score (nSPS) is 15.5. The molecule has 0 amide bonds. The van der Waals surface area contributed by atoms with Gasteiger partial charge < -0.3 is 9.30 Å². The SMILES string of the molecule is CN(c1ccc2c(c1)nc1n2CCOC1)S(C)(=O)=O. The second-order valence-electron chi connectivity index (χ2n) is 4.64. The lowest BCUT2D eigenvalue weighted by molar-refractivity contribution is 0.0830. The van der Waals surface area contributed by atoms with Crippen molar-refractivity contribution < 1.29 is 13.2 Å². The van der Waals surface area contributed by atoms with Crippen LogP contribution in [0.25, 0.3) is 11.0 Å². The highest BCUT2D eigenvalue weighted by Crippen LogP contribution is 2.25. The van der Waals surface area contributed by atoms with E-state index < -0.39 is 10.0 Å². The third-order valence-corrected chi connectivity index (χ3v) is 4.57. The minimum atomic E-state index is -3.25. The number of sulfonamides is 1. The number of imidazole rings is 1. The summed E-state index contributed by atoms with van der Waals surface area (Å²) in [5, 5.41) is 0. The maximum absolute atomic E-state index is 11.5. The fourth-order valence-corrected chi connectivity index (χ4v) is 2.73.